The minimum absolute atomic E-state index is 0.0204. The number of carbonyl (C=O) groups excluding carboxylic acids is 2. The van der Waals surface area contributed by atoms with Crippen LogP contribution in [0.5, 0.6) is 0 Å². The van der Waals surface area contributed by atoms with Gasteiger partial charge in [-0.1, -0.05) is 43.2 Å². The first-order valence-corrected chi connectivity index (χ1v) is 7.16. The number of allylic oxidation sites excluding steroid dienone is 4. The molecule has 0 aliphatic carbocycles. The predicted octanol–water partition coefficient (Wildman–Crippen LogP) is 3.58. The lowest BCUT2D eigenvalue weighted by molar-refractivity contribution is -0.123. The molecule has 1 atom stereocenters. The van der Waals surface area contributed by atoms with Crippen molar-refractivity contribution in [1.82, 2.24) is 5.32 Å². The summed E-state index contributed by atoms with van der Waals surface area (Å²) in [7, 11) is 1.63. The van der Waals surface area contributed by atoms with Gasteiger partial charge in [-0.2, -0.15) is 0 Å². The van der Waals surface area contributed by atoms with Gasteiger partial charge in [0.2, 0.25) is 5.91 Å². The maximum absolute atomic E-state index is 12.0. The molecule has 112 valence electrons. The first-order chi connectivity index (χ1) is 9.47. The summed E-state index contributed by atoms with van der Waals surface area (Å²) in [6.45, 7) is 9.95. The van der Waals surface area contributed by atoms with E-state index in [1.807, 2.05) is 26.0 Å². The molecule has 0 fully saturated rings. The van der Waals surface area contributed by atoms with Gasteiger partial charge < -0.3 is 10.1 Å². The van der Waals surface area contributed by atoms with E-state index in [0.29, 0.717) is 12.8 Å². The molecule has 3 heteroatoms. The molecule has 20 heavy (non-hydrogen) atoms. The van der Waals surface area contributed by atoms with Gasteiger partial charge in [0, 0.05) is 13.5 Å². The third-order valence-electron chi connectivity index (χ3n) is 3.34. The summed E-state index contributed by atoms with van der Waals surface area (Å²) in [5, 5.41) is 2.69. The number of carbonyl (C=O) groups is 2. The van der Waals surface area contributed by atoms with Crippen molar-refractivity contribution in [2.24, 2.45) is 5.92 Å². The maximum Gasteiger partial charge on any atom is 0.226 e. The standard InChI is InChI=1S/C17H27NO2/c1-6-8-15(11-10-14(4)13(2)3)16(9-7-12-19)17(20)18-5/h10-12,16H,2,6-9H2,1,3-5H3,(H,18,20)/b14-10-,15-11+. The van der Waals surface area contributed by atoms with Crippen LogP contribution < -0.4 is 5.32 Å². The first kappa shape index (κ1) is 18.4. The molecule has 1 unspecified atom stereocenters. The average Bonchev–Trinajstić information content (AvgIpc) is 2.43. The van der Waals surface area contributed by atoms with Gasteiger partial charge in [0.25, 0.3) is 0 Å². The largest absolute Gasteiger partial charge is 0.359 e. The Hall–Kier alpha value is -1.64. The smallest absolute Gasteiger partial charge is 0.226 e. The third kappa shape index (κ3) is 6.50. The van der Waals surface area contributed by atoms with E-state index < -0.39 is 0 Å². The minimum atomic E-state index is -0.223. The molecule has 0 heterocycles. The van der Waals surface area contributed by atoms with Crippen molar-refractivity contribution in [3.05, 3.63) is 35.5 Å². The van der Waals surface area contributed by atoms with E-state index >= 15 is 0 Å². The Morgan fingerprint density at radius 3 is 2.40 bits per heavy atom. The summed E-state index contributed by atoms with van der Waals surface area (Å²) in [6, 6.07) is 0. The van der Waals surface area contributed by atoms with Crippen LogP contribution in [0.3, 0.4) is 0 Å². The Balaban J connectivity index is 5.29. The molecule has 0 saturated heterocycles. The lowest BCUT2D eigenvalue weighted by Crippen LogP contribution is -2.29. The fourth-order valence-corrected chi connectivity index (χ4v) is 1.93. The second-order valence-corrected chi connectivity index (χ2v) is 5.03. The molecule has 0 aromatic rings. The lowest BCUT2D eigenvalue weighted by atomic mass is 9.89. The van der Waals surface area contributed by atoms with Gasteiger partial charge >= 0.3 is 0 Å². The highest BCUT2D eigenvalue weighted by atomic mass is 16.1. The van der Waals surface area contributed by atoms with E-state index in [1.54, 1.807) is 7.05 Å². The van der Waals surface area contributed by atoms with Crippen molar-refractivity contribution in [3.63, 3.8) is 0 Å². The van der Waals surface area contributed by atoms with Crippen LogP contribution in [0.15, 0.2) is 35.5 Å². The number of rotatable bonds is 9. The van der Waals surface area contributed by atoms with Crippen molar-refractivity contribution in [3.8, 4) is 0 Å². The minimum Gasteiger partial charge on any atom is -0.359 e. The van der Waals surface area contributed by atoms with Gasteiger partial charge in [-0.05, 0) is 32.3 Å². The van der Waals surface area contributed by atoms with Crippen LogP contribution in [0.25, 0.3) is 0 Å². The highest BCUT2D eigenvalue weighted by molar-refractivity contribution is 5.81. The van der Waals surface area contributed by atoms with Gasteiger partial charge in [0.1, 0.15) is 6.29 Å². The van der Waals surface area contributed by atoms with E-state index in [1.165, 1.54) is 0 Å². The van der Waals surface area contributed by atoms with Crippen LogP contribution in [-0.4, -0.2) is 19.2 Å². The summed E-state index contributed by atoms with van der Waals surface area (Å²) >= 11 is 0. The molecule has 3 nitrogen and oxygen atoms in total. The quantitative estimate of drug-likeness (QED) is 0.517. The molecule has 0 radical (unpaired) electrons. The van der Waals surface area contributed by atoms with Crippen molar-refractivity contribution in [1.29, 1.82) is 0 Å². The number of nitrogens with one attached hydrogen (secondary N) is 1. The van der Waals surface area contributed by atoms with Crippen molar-refractivity contribution >= 4 is 12.2 Å². The van der Waals surface area contributed by atoms with Crippen LogP contribution in [0.1, 0.15) is 46.5 Å². The van der Waals surface area contributed by atoms with Gasteiger partial charge in [0.15, 0.2) is 0 Å². The number of aldehydes is 1. The Kier molecular flexibility index (Phi) is 9.35. The molecule has 0 aromatic heterocycles. The normalized spacial score (nSPS) is 13.8. The zero-order chi connectivity index (χ0) is 15.5. The van der Waals surface area contributed by atoms with E-state index in [2.05, 4.69) is 18.8 Å². The van der Waals surface area contributed by atoms with Crippen molar-refractivity contribution < 1.29 is 9.59 Å². The second kappa shape index (κ2) is 10.2. The molecule has 1 amide bonds. The van der Waals surface area contributed by atoms with Gasteiger partial charge in [-0.3, -0.25) is 4.79 Å². The molecule has 0 aliphatic rings. The zero-order valence-electron chi connectivity index (χ0n) is 13.2. The number of amides is 1. The molecular weight excluding hydrogens is 250 g/mol. The fourth-order valence-electron chi connectivity index (χ4n) is 1.93. The van der Waals surface area contributed by atoms with E-state index in [-0.39, 0.29) is 11.8 Å². The van der Waals surface area contributed by atoms with Crippen LogP contribution in [0.2, 0.25) is 0 Å². The van der Waals surface area contributed by atoms with E-state index in [9.17, 15) is 9.59 Å². The Bertz CT molecular complexity index is 405. The average molecular weight is 277 g/mol. The second-order valence-electron chi connectivity index (χ2n) is 5.03. The highest BCUT2D eigenvalue weighted by Gasteiger charge is 2.20. The molecule has 0 bridgehead atoms. The molecule has 1 N–H and O–H groups in total. The van der Waals surface area contributed by atoms with Gasteiger partial charge in [-0.25, -0.2) is 0 Å². The van der Waals surface area contributed by atoms with Crippen LogP contribution in [-0.2, 0) is 9.59 Å². The Morgan fingerprint density at radius 2 is 1.95 bits per heavy atom. The van der Waals surface area contributed by atoms with Crippen LogP contribution in [0.4, 0.5) is 0 Å². The third-order valence-corrected chi connectivity index (χ3v) is 3.34. The summed E-state index contributed by atoms with van der Waals surface area (Å²) < 4.78 is 0. The first-order valence-electron chi connectivity index (χ1n) is 7.16. The van der Waals surface area contributed by atoms with Gasteiger partial charge in [0.05, 0.1) is 5.92 Å². The zero-order valence-corrected chi connectivity index (χ0v) is 13.2. The topological polar surface area (TPSA) is 46.2 Å². The fraction of sp³-hybridized carbons (Fsp3) is 0.529. The highest BCUT2D eigenvalue weighted by Crippen LogP contribution is 2.22. The molecule has 0 aliphatic heterocycles. The number of hydrogen-bond donors (Lipinski definition) is 1. The molecule has 0 rings (SSSR count). The van der Waals surface area contributed by atoms with E-state index in [4.69, 9.17) is 0 Å². The monoisotopic (exact) mass is 277 g/mol. The Labute approximate surface area is 122 Å². The molecule has 0 spiro atoms. The Morgan fingerprint density at radius 1 is 1.30 bits per heavy atom. The van der Waals surface area contributed by atoms with Crippen LogP contribution >= 0.6 is 0 Å². The number of hydrogen-bond acceptors (Lipinski definition) is 2. The van der Waals surface area contributed by atoms with Crippen molar-refractivity contribution in [2.45, 2.75) is 46.5 Å². The van der Waals surface area contributed by atoms with E-state index in [0.717, 1.165) is 35.8 Å². The molecule has 0 aromatic carbocycles. The van der Waals surface area contributed by atoms with Crippen molar-refractivity contribution in [2.75, 3.05) is 7.05 Å². The molecule has 0 saturated carbocycles. The summed E-state index contributed by atoms with van der Waals surface area (Å²) in [6.07, 6.45) is 7.69. The summed E-state index contributed by atoms with van der Waals surface area (Å²) in [5.41, 5.74) is 3.19. The van der Waals surface area contributed by atoms with Crippen LogP contribution in [0, 0.1) is 5.92 Å². The molecular formula is C17H27NO2. The summed E-state index contributed by atoms with van der Waals surface area (Å²) in [4.78, 5) is 22.6. The maximum atomic E-state index is 12.0. The summed E-state index contributed by atoms with van der Waals surface area (Å²) in [5.74, 6) is -0.243. The SMILES string of the molecule is C=C(C)/C(C)=C\C=C(/CCC)C(CCC=O)C(=O)NC. The lowest BCUT2D eigenvalue weighted by Gasteiger charge is -2.18. The predicted molar refractivity (Wildman–Crippen MR) is 84.4 cm³/mol. The van der Waals surface area contributed by atoms with Gasteiger partial charge in [-0.15, -0.1) is 0 Å².